The van der Waals surface area contributed by atoms with Crippen molar-refractivity contribution in [2.75, 3.05) is 5.75 Å². The van der Waals surface area contributed by atoms with Crippen LogP contribution in [0.2, 0.25) is 0 Å². The molecule has 5 nitrogen and oxygen atoms in total. The lowest BCUT2D eigenvalue weighted by atomic mass is 10.1. The summed E-state index contributed by atoms with van der Waals surface area (Å²) in [5.74, 6) is -0.761. The Bertz CT molecular complexity index is 269. The molecule has 0 aliphatic carbocycles. The maximum atomic E-state index is 11.0. The van der Waals surface area contributed by atoms with E-state index in [0.29, 0.717) is 0 Å². The Balaban J connectivity index is 4.57. The van der Waals surface area contributed by atoms with Crippen molar-refractivity contribution in [3.63, 3.8) is 0 Å². The molecule has 0 aromatic carbocycles. The summed E-state index contributed by atoms with van der Waals surface area (Å²) in [5, 5.41) is 0. The standard InChI is InChI=1S/C6H14N2O3S/c1-4-12(10,11)8-6(2,3)5(7)9/h8H,4H2,1-3H3,(H2,7,9). The normalized spacial score (nSPS) is 12.9. The molecule has 0 spiro atoms. The highest BCUT2D eigenvalue weighted by Gasteiger charge is 2.29. The zero-order valence-electron chi connectivity index (χ0n) is 7.42. The quantitative estimate of drug-likeness (QED) is 0.613. The summed E-state index contributed by atoms with van der Waals surface area (Å²) >= 11 is 0. The van der Waals surface area contributed by atoms with Crippen molar-refractivity contribution < 1.29 is 13.2 Å². The van der Waals surface area contributed by atoms with E-state index in [1.54, 1.807) is 0 Å². The highest BCUT2D eigenvalue weighted by Crippen LogP contribution is 2.02. The molecule has 72 valence electrons. The fourth-order valence-corrected chi connectivity index (χ4v) is 1.53. The number of hydrogen-bond acceptors (Lipinski definition) is 3. The minimum Gasteiger partial charge on any atom is -0.368 e. The van der Waals surface area contributed by atoms with Crippen LogP contribution in [0.4, 0.5) is 0 Å². The predicted octanol–water partition coefficient (Wildman–Crippen LogP) is -0.810. The van der Waals surface area contributed by atoms with E-state index >= 15 is 0 Å². The summed E-state index contributed by atoms with van der Waals surface area (Å²) in [7, 11) is -3.37. The van der Waals surface area contributed by atoms with Crippen LogP contribution in [0.25, 0.3) is 0 Å². The Morgan fingerprint density at radius 3 is 2.17 bits per heavy atom. The van der Waals surface area contributed by atoms with Gasteiger partial charge in [0.25, 0.3) is 0 Å². The smallest absolute Gasteiger partial charge is 0.238 e. The van der Waals surface area contributed by atoms with Crippen molar-refractivity contribution in [3.8, 4) is 0 Å². The molecule has 0 unspecified atom stereocenters. The number of nitrogens with one attached hydrogen (secondary N) is 1. The van der Waals surface area contributed by atoms with Crippen LogP contribution in [-0.2, 0) is 14.8 Å². The Kier molecular flexibility index (Phi) is 3.23. The second-order valence-electron chi connectivity index (χ2n) is 2.99. The van der Waals surface area contributed by atoms with Crippen LogP contribution in [-0.4, -0.2) is 25.6 Å². The van der Waals surface area contributed by atoms with Crippen LogP contribution in [0.5, 0.6) is 0 Å². The van der Waals surface area contributed by atoms with Gasteiger partial charge in [-0.2, -0.15) is 0 Å². The predicted molar refractivity (Wildman–Crippen MR) is 45.9 cm³/mol. The molecule has 0 radical (unpaired) electrons. The summed E-state index contributed by atoms with van der Waals surface area (Å²) in [5.41, 5.74) is 3.75. The number of amides is 1. The van der Waals surface area contributed by atoms with Crippen LogP contribution in [0.1, 0.15) is 20.8 Å². The van der Waals surface area contributed by atoms with Gasteiger partial charge in [-0.05, 0) is 20.8 Å². The van der Waals surface area contributed by atoms with E-state index in [1.807, 2.05) is 0 Å². The van der Waals surface area contributed by atoms with Gasteiger partial charge < -0.3 is 5.73 Å². The summed E-state index contributed by atoms with van der Waals surface area (Å²) in [6, 6.07) is 0. The average molecular weight is 194 g/mol. The van der Waals surface area contributed by atoms with E-state index in [1.165, 1.54) is 20.8 Å². The first kappa shape index (κ1) is 11.4. The fourth-order valence-electron chi connectivity index (χ4n) is 0.511. The first-order valence-electron chi connectivity index (χ1n) is 3.53. The number of nitrogens with two attached hydrogens (primary N) is 1. The van der Waals surface area contributed by atoms with E-state index < -0.39 is 21.5 Å². The third kappa shape index (κ3) is 3.19. The van der Waals surface area contributed by atoms with E-state index in [2.05, 4.69) is 4.72 Å². The molecule has 0 heterocycles. The van der Waals surface area contributed by atoms with Gasteiger partial charge >= 0.3 is 0 Å². The molecule has 3 N–H and O–H groups in total. The Morgan fingerprint density at radius 1 is 1.50 bits per heavy atom. The number of hydrogen-bond donors (Lipinski definition) is 2. The molecule has 1 amide bonds. The molecule has 0 aliphatic rings. The molecule has 6 heteroatoms. The number of carbonyl (C=O) groups is 1. The van der Waals surface area contributed by atoms with Gasteiger partial charge in [-0.1, -0.05) is 0 Å². The highest BCUT2D eigenvalue weighted by molar-refractivity contribution is 7.89. The van der Waals surface area contributed by atoms with Crippen molar-refractivity contribution >= 4 is 15.9 Å². The molecule has 0 aliphatic heterocycles. The van der Waals surface area contributed by atoms with Gasteiger partial charge in [0, 0.05) is 0 Å². The van der Waals surface area contributed by atoms with Crippen LogP contribution >= 0.6 is 0 Å². The number of rotatable bonds is 4. The Hall–Kier alpha value is -0.620. The summed E-state index contributed by atoms with van der Waals surface area (Å²) in [6.07, 6.45) is 0. The maximum absolute atomic E-state index is 11.0. The lowest BCUT2D eigenvalue weighted by molar-refractivity contribution is -0.122. The van der Waals surface area contributed by atoms with Crippen LogP contribution in [0, 0.1) is 0 Å². The number of carbonyl (C=O) groups excluding carboxylic acids is 1. The molecule has 12 heavy (non-hydrogen) atoms. The van der Waals surface area contributed by atoms with Crippen LogP contribution in [0.15, 0.2) is 0 Å². The first-order chi connectivity index (χ1) is 5.21. The minimum absolute atomic E-state index is 0.0658. The van der Waals surface area contributed by atoms with Crippen molar-refractivity contribution in [2.24, 2.45) is 5.73 Å². The zero-order valence-corrected chi connectivity index (χ0v) is 8.23. The van der Waals surface area contributed by atoms with Gasteiger partial charge in [-0.25, -0.2) is 13.1 Å². The largest absolute Gasteiger partial charge is 0.368 e. The molecule has 0 saturated heterocycles. The van der Waals surface area contributed by atoms with Crippen molar-refractivity contribution in [1.29, 1.82) is 0 Å². The molecule has 0 bridgehead atoms. The van der Waals surface area contributed by atoms with E-state index in [0.717, 1.165) is 0 Å². The minimum atomic E-state index is -3.37. The fraction of sp³-hybridized carbons (Fsp3) is 0.833. The third-order valence-corrected chi connectivity index (χ3v) is 2.99. The third-order valence-electron chi connectivity index (χ3n) is 1.41. The van der Waals surface area contributed by atoms with E-state index in [-0.39, 0.29) is 5.75 Å². The Morgan fingerprint density at radius 2 is 1.92 bits per heavy atom. The molecule has 0 atom stereocenters. The maximum Gasteiger partial charge on any atom is 0.238 e. The molecule has 0 fully saturated rings. The van der Waals surface area contributed by atoms with E-state index in [4.69, 9.17) is 5.73 Å². The molecule has 0 aromatic rings. The van der Waals surface area contributed by atoms with Crippen molar-refractivity contribution in [3.05, 3.63) is 0 Å². The highest BCUT2D eigenvalue weighted by atomic mass is 32.2. The second-order valence-corrected chi connectivity index (χ2v) is 5.01. The van der Waals surface area contributed by atoms with Gasteiger partial charge in [-0.3, -0.25) is 4.79 Å². The zero-order chi connectivity index (χ0) is 9.99. The van der Waals surface area contributed by atoms with Crippen molar-refractivity contribution in [1.82, 2.24) is 4.72 Å². The van der Waals surface area contributed by atoms with Crippen LogP contribution in [0.3, 0.4) is 0 Å². The van der Waals surface area contributed by atoms with E-state index in [9.17, 15) is 13.2 Å². The van der Waals surface area contributed by atoms with Crippen molar-refractivity contribution in [2.45, 2.75) is 26.3 Å². The molecular weight excluding hydrogens is 180 g/mol. The van der Waals surface area contributed by atoms with Gasteiger partial charge in [0.15, 0.2) is 0 Å². The second kappa shape index (κ2) is 3.40. The monoisotopic (exact) mass is 194 g/mol. The molecule has 0 rings (SSSR count). The number of sulfonamides is 1. The summed E-state index contributed by atoms with van der Waals surface area (Å²) in [4.78, 5) is 10.7. The van der Waals surface area contributed by atoms with Gasteiger partial charge in [0.2, 0.25) is 15.9 Å². The van der Waals surface area contributed by atoms with Gasteiger partial charge in [-0.15, -0.1) is 0 Å². The molecular formula is C6H14N2O3S. The van der Waals surface area contributed by atoms with Crippen LogP contribution < -0.4 is 10.5 Å². The SMILES string of the molecule is CCS(=O)(=O)NC(C)(C)C(N)=O. The van der Waals surface area contributed by atoms with Gasteiger partial charge in [0.05, 0.1) is 5.75 Å². The molecule has 0 aromatic heterocycles. The lowest BCUT2D eigenvalue weighted by Crippen LogP contribution is -2.53. The first-order valence-corrected chi connectivity index (χ1v) is 5.18. The van der Waals surface area contributed by atoms with Gasteiger partial charge in [0.1, 0.15) is 5.54 Å². The lowest BCUT2D eigenvalue weighted by Gasteiger charge is -2.21. The topological polar surface area (TPSA) is 89.3 Å². The summed E-state index contributed by atoms with van der Waals surface area (Å²) in [6.45, 7) is 4.32. The summed E-state index contributed by atoms with van der Waals surface area (Å²) < 4.78 is 24.2. The number of primary amides is 1. The average Bonchev–Trinajstić information content (AvgIpc) is 1.85. The Labute approximate surface area is 72.4 Å². The molecule has 0 saturated carbocycles.